The number of hydrogen-bond donors (Lipinski definition) is 1. The number of ether oxygens (including phenoxy) is 3. The third-order valence-corrected chi connectivity index (χ3v) is 9.33. The van der Waals surface area contributed by atoms with Crippen molar-refractivity contribution >= 4 is 19.4 Å². The lowest BCUT2D eigenvalue weighted by atomic mass is 9.84. The average Bonchev–Trinajstić information content (AvgIpc) is 3.01. The molecule has 5 aromatic carbocycles. The maximum absolute atomic E-state index is 11.4. The van der Waals surface area contributed by atoms with E-state index in [0.29, 0.717) is 17.2 Å². The van der Waals surface area contributed by atoms with Crippen molar-refractivity contribution in [3.05, 3.63) is 138 Å². The topological polar surface area (TPSA) is 57.2 Å². The molecule has 0 aliphatic heterocycles. The van der Waals surface area contributed by atoms with Crippen LogP contribution in [0.25, 0.3) is 0 Å². The zero-order chi connectivity index (χ0) is 32.9. The minimum absolute atomic E-state index is 0.136. The standard InChI is InChI=1S/C40H43O5Si/c1-39(2,3)43-29-20-18-28(19-21-29)38(34-24-22-30(42-7)26-36(34)41)35-25-23-31(44-40(4,5)6)27-37(35)45-46(32-14-10-8-11-15-32)33-16-12-9-13-17-33/h8-27,38,41H,1-7H3. The monoisotopic (exact) mass is 631 g/mol. The summed E-state index contributed by atoms with van der Waals surface area (Å²) in [5.41, 5.74) is 1.88. The Bertz CT molecular complexity index is 1680. The fraction of sp³-hybridized carbons (Fsp3) is 0.250. The van der Waals surface area contributed by atoms with Gasteiger partial charge in [-0.3, -0.25) is 0 Å². The zero-order valence-corrected chi connectivity index (χ0v) is 28.7. The van der Waals surface area contributed by atoms with E-state index in [1.807, 2.05) is 114 Å². The molecule has 1 N–H and O–H groups in total. The number of methoxy groups -OCH3 is 1. The molecule has 0 saturated heterocycles. The van der Waals surface area contributed by atoms with Gasteiger partial charge < -0.3 is 23.7 Å². The van der Waals surface area contributed by atoms with Crippen LogP contribution in [0.3, 0.4) is 0 Å². The molecule has 0 fully saturated rings. The van der Waals surface area contributed by atoms with E-state index < -0.39 is 14.6 Å². The third-order valence-electron chi connectivity index (χ3n) is 7.19. The van der Waals surface area contributed by atoms with Crippen LogP contribution >= 0.6 is 0 Å². The Balaban J connectivity index is 1.70. The molecule has 0 aliphatic carbocycles. The first-order valence-corrected chi connectivity index (χ1v) is 17.0. The highest BCUT2D eigenvalue weighted by atomic mass is 28.3. The number of phenols is 1. The summed E-state index contributed by atoms with van der Waals surface area (Å²) < 4.78 is 25.1. The molecule has 0 bridgehead atoms. The number of phenolic OH excluding ortho intramolecular Hbond substituents is 1. The quantitative estimate of drug-likeness (QED) is 0.125. The maximum Gasteiger partial charge on any atom is 0.352 e. The van der Waals surface area contributed by atoms with Crippen LogP contribution in [-0.4, -0.2) is 32.5 Å². The van der Waals surface area contributed by atoms with Crippen molar-refractivity contribution in [2.24, 2.45) is 0 Å². The highest BCUT2D eigenvalue weighted by molar-refractivity contribution is 6.80. The molecule has 1 radical (unpaired) electrons. The smallest absolute Gasteiger partial charge is 0.352 e. The van der Waals surface area contributed by atoms with Gasteiger partial charge in [0.05, 0.1) is 7.11 Å². The molecule has 237 valence electrons. The third kappa shape index (κ3) is 8.32. The van der Waals surface area contributed by atoms with Gasteiger partial charge in [-0.1, -0.05) is 84.9 Å². The van der Waals surface area contributed by atoms with Crippen LogP contribution in [0.15, 0.2) is 121 Å². The van der Waals surface area contributed by atoms with Crippen molar-refractivity contribution in [1.29, 1.82) is 0 Å². The summed E-state index contributed by atoms with van der Waals surface area (Å²) in [6.45, 7) is 12.2. The van der Waals surface area contributed by atoms with E-state index in [4.69, 9.17) is 18.6 Å². The summed E-state index contributed by atoms with van der Waals surface area (Å²) >= 11 is 0. The lowest BCUT2D eigenvalue weighted by Crippen LogP contribution is -2.47. The van der Waals surface area contributed by atoms with Gasteiger partial charge in [0, 0.05) is 29.2 Å². The van der Waals surface area contributed by atoms with Crippen LogP contribution in [0, 0.1) is 0 Å². The largest absolute Gasteiger partial charge is 0.532 e. The normalized spacial score (nSPS) is 12.4. The Morgan fingerprint density at radius 3 is 1.59 bits per heavy atom. The molecule has 5 nitrogen and oxygen atoms in total. The van der Waals surface area contributed by atoms with Gasteiger partial charge >= 0.3 is 9.04 Å². The van der Waals surface area contributed by atoms with Crippen molar-refractivity contribution in [1.82, 2.24) is 0 Å². The molecule has 0 aromatic heterocycles. The van der Waals surface area contributed by atoms with Gasteiger partial charge in [0.15, 0.2) is 0 Å². The van der Waals surface area contributed by atoms with E-state index in [-0.39, 0.29) is 17.3 Å². The molecular formula is C40H43O5Si. The molecule has 0 saturated carbocycles. The van der Waals surface area contributed by atoms with Gasteiger partial charge in [-0.25, -0.2) is 0 Å². The fourth-order valence-corrected chi connectivity index (χ4v) is 7.29. The molecule has 6 heteroatoms. The minimum Gasteiger partial charge on any atom is -0.532 e. The predicted octanol–water partition coefficient (Wildman–Crippen LogP) is 8.12. The number of rotatable bonds is 10. The molecule has 1 atom stereocenters. The Morgan fingerprint density at radius 2 is 1.07 bits per heavy atom. The second kappa shape index (κ2) is 13.8. The van der Waals surface area contributed by atoms with Crippen LogP contribution in [-0.2, 0) is 0 Å². The molecule has 0 heterocycles. The Labute approximate surface area is 275 Å². The number of benzene rings is 5. The fourth-order valence-electron chi connectivity index (χ4n) is 5.34. The van der Waals surface area contributed by atoms with Crippen molar-refractivity contribution in [3.8, 4) is 28.7 Å². The lowest BCUT2D eigenvalue weighted by molar-refractivity contribution is 0.130. The summed E-state index contributed by atoms with van der Waals surface area (Å²) in [6.07, 6.45) is 0. The van der Waals surface area contributed by atoms with E-state index in [0.717, 1.165) is 32.8 Å². The second-order valence-corrected chi connectivity index (χ2v) is 15.2. The predicted molar refractivity (Wildman–Crippen MR) is 188 cm³/mol. The van der Waals surface area contributed by atoms with Gasteiger partial charge in [0.1, 0.15) is 39.9 Å². The van der Waals surface area contributed by atoms with E-state index in [2.05, 4.69) is 42.5 Å². The first kappa shape index (κ1) is 32.7. The van der Waals surface area contributed by atoms with Crippen LogP contribution < -0.4 is 29.0 Å². The Kier molecular flexibility index (Phi) is 9.78. The van der Waals surface area contributed by atoms with E-state index in [1.54, 1.807) is 13.2 Å². The molecular weight excluding hydrogens is 589 g/mol. The van der Waals surface area contributed by atoms with Gasteiger partial charge in [-0.2, -0.15) is 0 Å². The van der Waals surface area contributed by atoms with Gasteiger partial charge in [0.25, 0.3) is 0 Å². The lowest BCUT2D eigenvalue weighted by Gasteiger charge is -2.28. The van der Waals surface area contributed by atoms with Gasteiger partial charge in [-0.15, -0.1) is 0 Å². The highest BCUT2D eigenvalue weighted by Gasteiger charge is 2.29. The molecule has 5 rings (SSSR count). The maximum atomic E-state index is 11.4. The molecule has 1 unspecified atom stereocenters. The number of aromatic hydroxyl groups is 1. The molecule has 5 aromatic rings. The summed E-state index contributed by atoms with van der Waals surface area (Å²) in [5.74, 6) is 2.52. The van der Waals surface area contributed by atoms with Gasteiger partial charge in [-0.05, 0) is 81.7 Å². The molecule has 0 amide bonds. The van der Waals surface area contributed by atoms with Crippen LogP contribution in [0.2, 0.25) is 0 Å². The first-order valence-electron chi connectivity index (χ1n) is 15.5. The average molecular weight is 632 g/mol. The molecule has 46 heavy (non-hydrogen) atoms. The van der Waals surface area contributed by atoms with Crippen molar-refractivity contribution in [2.75, 3.05) is 7.11 Å². The molecule has 0 aliphatic rings. The summed E-state index contributed by atoms with van der Waals surface area (Å²) in [7, 11) is -0.141. The Morgan fingerprint density at radius 1 is 0.565 bits per heavy atom. The second-order valence-electron chi connectivity index (χ2n) is 13.2. The minimum atomic E-state index is -1.73. The SMILES string of the molecule is COc1ccc(C(c2ccc(OC(C)(C)C)cc2)c2ccc(OC(C)(C)C)cc2O[Si](c2ccccc2)c2ccccc2)c(O)c1. The zero-order valence-electron chi connectivity index (χ0n) is 27.7. The van der Waals surface area contributed by atoms with Gasteiger partial charge in [0.2, 0.25) is 0 Å². The Hall–Kier alpha value is -4.68. The summed E-state index contributed by atoms with van der Waals surface area (Å²) in [5, 5.41) is 13.6. The molecule has 0 spiro atoms. The van der Waals surface area contributed by atoms with E-state index in [1.165, 1.54) is 0 Å². The van der Waals surface area contributed by atoms with Crippen LogP contribution in [0.4, 0.5) is 0 Å². The van der Waals surface area contributed by atoms with Crippen molar-refractivity contribution in [3.63, 3.8) is 0 Å². The van der Waals surface area contributed by atoms with E-state index in [9.17, 15) is 5.11 Å². The van der Waals surface area contributed by atoms with E-state index >= 15 is 0 Å². The van der Waals surface area contributed by atoms with Crippen molar-refractivity contribution < 1.29 is 23.7 Å². The summed E-state index contributed by atoms with van der Waals surface area (Å²) in [4.78, 5) is 0. The highest BCUT2D eigenvalue weighted by Crippen LogP contribution is 2.44. The summed E-state index contributed by atoms with van der Waals surface area (Å²) in [6, 6.07) is 40.3. The number of hydrogen-bond acceptors (Lipinski definition) is 5. The van der Waals surface area contributed by atoms with Crippen LogP contribution in [0.5, 0.6) is 28.7 Å². The van der Waals surface area contributed by atoms with Crippen LogP contribution in [0.1, 0.15) is 64.2 Å². The van der Waals surface area contributed by atoms with Crippen molar-refractivity contribution in [2.45, 2.75) is 58.7 Å². The first-order chi connectivity index (χ1) is 21.9.